The number of hydrogen-bond donors (Lipinski definition) is 2. The standard InChI is InChI=1S/C12H14N2O3/c1-14(11(13)17)9-5-3-2-4-8(9)12(6-7-12)10(15)16/h2-5H,6-7H2,1H3,(H2,13,17)(H,15,16). The van der Waals surface area contributed by atoms with Crippen LogP contribution >= 0.6 is 0 Å². The number of carbonyl (C=O) groups excluding carboxylic acids is 1. The zero-order chi connectivity index (χ0) is 12.6. The molecule has 5 heteroatoms. The fourth-order valence-electron chi connectivity index (χ4n) is 2.01. The quantitative estimate of drug-likeness (QED) is 0.827. The highest BCUT2D eigenvalue weighted by Crippen LogP contribution is 2.51. The van der Waals surface area contributed by atoms with E-state index in [1.165, 1.54) is 4.90 Å². The van der Waals surface area contributed by atoms with Crippen molar-refractivity contribution in [2.24, 2.45) is 5.73 Å². The number of nitrogens with zero attached hydrogens (tertiary/aromatic N) is 1. The number of carbonyl (C=O) groups is 2. The van der Waals surface area contributed by atoms with Crippen LogP contribution in [0.3, 0.4) is 0 Å². The number of anilines is 1. The largest absolute Gasteiger partial charge is 0.481 e. The molecule has 0 aromatic heterocycles. The number of para-hydroxylation sites is 1. The van der Waals surface area contributed by atoms with E-state index in [9.17, 15) is 14.7 Å². The Morgan fingerprint density at radius 1 is 1.35 bits per heavy atom. The maximum Gasteiger partial charge on any atom is 0.319 e. The lowest BCUT2D eigenvalue weighted by Gasteiger charge is -2.21. The van der Waals surface area contributed by atoms with Crippen molar-refractivity contribution < 1.29 is 14.7 Å². The van der Waals surface area contributed by atoms with Gasteiger partial charge in [-0.1, -0.05) is 18.2 Å². The fraction of sp³-hybridized carbons (Fsp3) is 0.333. The van der Waals surface area contributed by atoms with E-state index in [4.69, 9.17) is 5.73 Å². The average molecular weight is 234 g/mol. The fourth-order valence-corrected chi connectivity index (χ4v) is 2.01. The van der Waals surface area contributed by atoms with Gasteiger partial charge in [-0.3, -0.25) is 9.69 Å². The molecule has 1 fully saturated rings. The molecule has 0 spiro atoms. The van der Waals surface area contributed by atoms with E-state index in [-0.39, 0.29) is 0 Å². The number of carboxylic acids is 1. The lowest BCUT2D eigenvalue weighted by atomic mass is 9.94. The molecule has 1 aliphatic rings. The number of primary amides is 1. The summed E-state index contributed by atoms with van der Waals surface area (Å²) in [6.45, 7) is 0. The summed E-state index contributed by atoms with van der Waals surface area (Å²) in [7, 11) is 1.54. The van der Waals surface area contributed by atoms with Gasteiger partial charge >= 0.3 is 12.0 Å². The number of amides is 2. The Hall–Kier alpha value is -2.04. The normalized spacial score (nSPS) is 16.3. The van der Waals surface area contributed by atoms with Gasteiger partial charge < -0.3 is 10.8 Å². The van der Waals surface area contributed by atoms with Crippen molar-refractivity contribution >= 4 is 17.7 Å². The van der Waals surface area contributed by atoms with Crippen molar-refractivity contribution in [3.8, 4) is 0 Å². The summed E-state index contributed by atoms with van der Waals surface area (Å²) < 4.78 is 0. The molecule has 0 saturated heterocycles. The van der Waals surface area contributed by atoms with Crippen molar-refractivity contribution in [3.63, 3.8) is 0 Å². The van der Waals surface area contributed by atoms with Gasteiger partial charge in [-0.25, -0.2) is 4.79 Å². The molecule has 1 aromatic rings. The lowest BCUT2D eigenvalue weighted by molar-refractivity contribution is -0.140. The predicted octanol–water partition coefficient (Wildman–Crippen LogP) is 1.32. The Morgan fingerprint density at radius 3 is 2.41 bits per heavy atom. The molecule has 1 aliphatic carbocycles. The van der Waals surface area contributed by atoms with Crippen LogP contribution in [-0.4, -0.2) is 24.2 Å². The van der Waals surface area contributed by atoms with E-state index in [0.29, 0.717) is 24.1 Å². The molecule has 0 unspecified atom stereocenters. The van der Waals surface area contributed by atoms with E-state index >= 15 is 0 Å². The van der Waals surface area contributed by atoms with E-state index in [1.54, 1.807) is 31.3 Å². The van der Waals surface area contributed by atoms with Crippen LogP contribution in [0.2, 0.25) is 0 Å². The Kier molecular flexibility index (Phi) is 2.53. The van der Waals surface area contributed by atoms with E-state index in [0.717, 1.165) is 0 Å². The maximum absolute atomic E-state index is 11.3. The summed E-state index contributed by atoms with van der Waals surface area (Å²) in [5.41, 5.74) is 5.61. The molecule has 1 aromatic carbocycles. The van der Waals surface area contributed by atoms with E-state index in [1.807, 2.05) is 0 Å². The molecular formula is C12H14N2O3. The number of aliphatic carboxylic acids is 1. The molecule has 3 N–H and O–H groups in total. The second-order valence-corrected chi connectivity index (χ2v) is 4.30. The van der Waals surface area contributed by atoms with Crippen LogP contribution in [0, 0.1) is 0 Å². The van der Waals surface area contributed by atoms with Crippen molar-refractivity contribution in [2.75, 3.05) is 11.9 Å². The topological polar surface area (TPSA) is 83.6 Å². The van der Waals surface area contributed by atoms with Crippen LogP contribution < -0.4 is 10.6 Å². The highest BCUT2D eigenvalue weighted by atomic mass is 16.4. The summed E-state index contributed by atoms with van der Waals surface area (Å²) in [5, 5.41) is 9.27. The summed E-state index contributed by atoms with van der Waals surface area (Å²) >= 11 is 0. The molecule has 90 valence electrons. The second-order valence-electron chi connectivity index (χ2n) is 4.30. The Labute approximate surface area is 98.8 Å². The number of rotatable bonds is 3. The first-order chi connectivity index (χ1) is 7.99. The molecule has 0 aliphatic heterocycles. The smallest absolute Gasteiger partial charge is 0.319 e. The minimum absolute atomic E-state index is 0.569. The summed E-state index contributed by atoms with van der Waals surface area (Å²) in [5.74, 6) is -0.845. The number of hydrogen-bond acceptors (Lipinski definition) is 2. The van der Waals surface area contributed by atoms with Gasteiger partial charge in [-0.05, 0) is 24.5 Å². The molecule has 1 saturated carbocycles. The average Bonchev–Trinajstić information content (AvgIpc) is 3.09. The lowest BCUT2D eigenvalue weighted by Crippen LogP contribution is -2.34. The van der Waals surface area contributed by atoms with Crippen LogP contribution in [-0.2, 0) is 10.2 Å². The predicted molar refractivity (Wildman–Crippen MR) is 63.0 cm³/mol. The molecule has 5 nitrogen and oxygen atoms in total. The van der Waals surface area contributed by atoms with Gasteiger partial charge in [0.2, 0.25) is 0 Å². The minimum atomic E-state index is -0.845. The third-order valence-corrected chi connectivity index (χ3v) is 3.27. The molecule has 2 amide bonds. The highest BCUT2D eigenvalue weighted by molar-refractivity contribution is 5.94. The summed E-state index contributed by atoms with van der Waals surface area (Å²) in [4.78, 5) is 23.7. The van der Waals surface area contributed by atoms with E-state index in [2.05, 4.69) is 0 Å². The maximum atomic E-state index is 11.3. The monoisotopic (exact) mass is 234 g/mol. The minimum Gasteiger partial charge on any atom is -0.481 e. The second kappa shape index (κ2) is 3.76. The van der Waals surface area contributed by atoms with Crippen molar-refractivity contribution in [3.05, 3.63) is 29.8 Å². The summed E-state index contributed by atoms with van der Waals surface area (Å²) in [6, 6.07) is 6.39. The van der Waals surface area contributed by atoms with Gasteiger partial charge in [-0.2, -0.15) is 0 Å². The number of benzene rings is 1. The molecule has 17 heavy (non-hydrogen) atoms. The van der Waals surface area contributed by atoms with Gasteiger partial charge in [0.25, 0.3) is 0 Å². The number of urea groups is 1. The summed E-state index contributed by atoms with van der Waals surface area (Å²) in [6.07, 6.45) is 1.21. The van der Waals surface area contributed by atoms with Gasteiger partial charge in [0, 0.05) is 12.7 Å². The Balaban J connectivity index is 2.49. The zero-order valence-corrected chi connectivity index (χ0v) is 9.51. The molecule has 0 heterocycles. The van der Waals surface area contributed by atoms with Crippen LogP contribution in [0.1, 0.15) is 18.4 Å². The van der Waals surface area contributed by atoms with Crippen LogP contribution in [0.15, 0.2) is 24.3 Å². The van der Waals surface area contributed by atoms with Crippen LogP contribution in [0.4, 0.5) is 10.5 Å². The number of carboxylic acid groups (broad SMARTS) is 1. The first-order valence-electron chi connectivity index (χ1n) is 5.35. The molecular weight excluding hydrogens is 220 g/mol. The third kappa shape index (κ3) is 1.73. The van der Waals surface area contributed by atoms with Crippen LogP contribution in [0.5, 0.6) is 0 Å². The zero-order valence-electron chi connectivity index (χ0n) is 9.51. The third-order valence-electron chi connectivity index (χ3n) is 3.27. The van der Waals surface area contributed by atoms with Gasteiger partial charge in [0.15, 0.2) is 0 Å². The van der Waals surface area contributed by atoms with Crippen LogP contribution in [0.25, 0.3) is 0 Å². The van der Waals surface area contributed by atoms with Crippen molar-refractivity contribution in [1.29, 1.82) is 0 Å². The highest BCUT2D eigenvalue weighted by Gasteiger charge is 2.53. The van der Waals surface area contributed by atoms with Gasteiger partial charge in [-0.15, -0.1) is 0 Å². The Bertz CT molecular complexity index is 480. The van der Waals surface area contributed by atoms with Crippen molar-refractivity contribution in [1.82, 2.24) is 0 Å². The molecule has 0 atom stereocenters. The first kappa shape index (κ1) is 11.4. The van der Waals surface area contributed by atoms with E-state index < -0.39 is 17.4 Å². The first-order valence-corrected chi connectivity index (χ1v) is 5.35. The van der Waals surface area contributed by atoms with Gasteiger partial charge in [0.05, 0.1) is 5.41 Å². The SMILES string of the molecule is CN(C(N)=O)c1ccccc1C1(C(=O)O)CC1. The van der Waals surface area contributed by atoms with Gasteiger partial charge in [0.1, 0.15) is 0 Å². The molecule has 0 radical (unpaired) electrons. The Morgan fingerprint density at radius 2 is 1.94 bits per heavy atom. The number of nitrogens with two attached hydrogens (primary N) is 1. The molecule has 0 bridgehead atoms. The molecule has 2 rings (SSSR count). The van der Waals surface area contributed by atoms with Crippen molar-refractivity contribution in [2.45, 2.75) is 18.3 Å².